The number of aromatic nitrogens is 1. The van der Waals surface area contributed by atoms with Crippen molar-refractivity contribution in [1.29, 1.82) is 0 Å². The number of hydrogen-bond acceptors (Lipinski definition) is 5. The maximum absolute atomic E-state index is 12.1. The molecular weight excluding hydrogens is 272 g/mol. The van der Waals surface area contributed by atoms with E-state index < -0.39 is 0 Å². The smallest absolute Gasteiger partial charge is 0.263 e. The number of hydrogen-bond donors (Lipinski definition) is 3. The molecule has 5 nitrogen and oxygen atoms in total. The van der Waals surface area contributed by atoms with Crippen molar-refractivity contribution in [3.05, 3.63) is 23.2 Å². The molecule has 3 rings (SSSR count). The summed E-state index contributed by atoms with van der Waals surface area (Å²) < 4.78 is 0.950. The minimum absolute atomic E-state index is 0.100. The minimum atomic E-state index is -0.100. The fraction of sp³-hybridized carbons (Fsp3) is 0.429. The molecule has 1 fully saturated rings. The van der Waals surface area contributed by atoms with Gasteiger partial charge in [-0.3, -0.25) is 9.78 Å². The predicted octanol–water partition coefficient (Wildman–Crippen LogP) is 1.75. The van der Waals surface area contributed by atoms with Gasteiger partial charge in [0.2, 0.25) is 0 Å². The molecule has 20 heavy (non-hydrogen) atoms. The Morgan fingerprint density at radius 1 is 1.45 bits per heavy atom. The Morgan fingerprint density at radius 2 is 2.30 bits per heavy atom. The van der Waals surface area contributed by atoms with Gasteiger partial charge in [-0.25, -0.2) is 0 Å². The van der Waals surface area contributed by atoms with Crippen molar-refractivity contribution in [3.63, 3.8) is 0 Å². The van der Waals surface area contributed by atoms with Crippen LogP contribution in [-0.2, 0) is 0 Å². The van der Waals surface area contributed by atoms with Crippen molar-refractivity contribution < 1.29 is 4.79 Å². The molecule has 2 heterocycles. The average molecular weight is 290 g/mol. The average Bonchev–Trinajstić information content (AvgIpc) is 3.22. The Kier molecular flexibility index (Phi) is 3.84. The molecule has 0 radical (unpaired) electrons. The highest BCUT2D eigenvalue weighted by molar-refractivity contribution is 7.21. The Balaban J connectivity index is 1.56. The summed E-state index contributed by atoms with van der Waals surface area (Å²) in [5, 5.41) is 6.34. The van der Waals surface area contributed by atoms with Gasteiger partial charge in [-0.2, -0.15) is 0 Å². The zero-order valence-corrected chi connectivity index (χ0v) is 12.0. The van der Waals surface area contributed by atoms with Crippen molar-refractivity contribution in [3.8, 4) is 0 Å². The third-order valence-corrected chi connectivity index (χ3v) is 4.50. The van der Waals surface area contributed by atoms with Gasteiger partial charge in [-0.1, -0.05) is 0 Å². The van der Waals surface area contributed by atoms with Gasteiger partial charge in [0.1, 0.15) is 10.4 Å². The molecule has 1 aliphatic carbocycles. The molecule has 0 atom stereocenters. The Morgan fingerprint density at radius 3 is 3.05 bits per heavy atom. The van der Waals surface area contributed by atoms with Gasteiger partial charge in [-0.15, -0.1) is 11.3 Å². The zero-order chi connectivity index (χ0) is 13.9. The number of thiophene rings is 1. The fourth-order valence-electron chi connectivity index (χ4n) is 2.08. The molecule has 0 aromatic carbocycles. The van der Waals surface area contributed by atoms with Crippen molar-refractivity contribution >= 4 is 33.1 Å². The highest BCUT2D eigenvalue weighted by Crippen LogP contribution is 2.31. The maximum Gasteiger partial charge on any atom is 0.263 e. The van der Waals surface area contributed by atoms with E-state index in [9.17, 15) is 4.79 Å². The summed E-state index contributed by atoms with van der Waals surface area (Å²) in [4.78, 5) is 16.9. The second kappa shape index (κ2) is 5.76. The lowest BCUT2D eigenvalue weighted by atomic mass is 10.3. The van der Waals surface area contributed by atoms with Gasteiger partial charge < -0.3 is 16.4 Å². The van der Waals surface area contributed by atoms with Crippen molar-refractivity contribution in [2.75, 3.05) is 18.8 Å². The fourth-order valence-corrected chi connectivity index (χ4v) is 3.08. The van der Waals surface area contributed by atoms with E-state index in [0.29, 0.717) is 17.1 Å². The van der Waals surface area contributed by atoms with Gasteiger partial charge in [0.05, 0.1) is 10.4 Å². The van der Waals surface area contributed by atoms with Crippen LogP contribution in [0.5, 0.6) is 0 Å². The molecule has 0 aliphatic heterocycles. The second-order valence-corrected chi connectivity index (χ2v) is 6.09. The van der Waals surface area contributed by atoms with E-state index in [4.69, 9.17) is 5.73 Å². The molecule has 0 bridgehead atoms. The van der Waals surface area contributed by atoms with Crippen LogP contribution in [0.4, 0.5) is 5.69 Å². The molecule has 0 unspecified atom stereocenters. The van der Waals surface area contributed by atoms with Gasteiger partial charge in [0.15, 0.2) is 0 Å². The number of nitrogens with zero attached hydrogens (tertiary/aromatic N) is 1. The zero-order valence-electron chi connectivity index (χ0n) is 11.2. The monoisotopic (exact) mass is 290 g/mol. The normalized spacial score (nSPS) is 14.6. The van der Waals surface area contributed by atoms with Crippen LogP contribution in [0.3, 0.4) is 0 Å². The number of fused-ring (bicyclic) bond motifs is 1. The van der Waals surface area contributed by atoms with Crippen molar-refractivity contribution in [2.45, 2.75) is 25.3 Å². The lowest BCUT2D eigenvalue weighted by molar-refractivity contribution is 0.0958. The second-order valence-electron chi connectivity index (χ2n) is 5.03. The van der Waals surface area contributed by atoms with Crippen LogP contribution in [0.1, 0.15) is 28.9 Å². The number of nitrogens with two attached hydrogens (primary N) is 1. The predicted molar refractivity (Wildman–Crippen MR) is 82.0 cm³/mol. The first-order chi connectivity index (χ1) is 9.75. The molecule has 1 amide bonds. The van der Waals surface area contributed by atoms with E-state index in [0.717, 1.165) is 29.2 Å². The molecule has 0 saturated heterocycles. The first-order valence-corrected chi connectivity index (χ1v) is 7.72. The molecule has 106 valence electrons. The van der Waals surface area contributed by atoms with E-state index in [1.807, 2.05) is 12.1 Å². The number of nitrogen functional groups attached to an aromatic ring is 1. The number of carbonyl (C=O) groups excluding carboxylic acids is 1. The van der Waals surface area contributed by atoms with Gasteiger partial charge >= 0.3 is 0 Å². The Labute approximate surface area is 121 Å². The number of rotatable bonds is 6. The van der Waals surface area contributed by atoms with Crippen LogP contribution >= 0.6 is 11.3 Å². The summed E-state index contributed by atoms with van der Waals surface area (Å²) in [6.45, 7) is 1.62. The number of pyridine rings is 1. The number of carbonyl (C=O) groups is 1. The lowest BCUT2D eigenvalue weighted by Gasteiger charge is -2.05. The molecule has 1 aliphatic rings. The lowest BCUT2D eigenvalue weighted by Crippen LogP contribution is -2.27. The Hall–Kier alpha value is -1.66. The minimum Gasteiger partial charge on any atom is -0.396 e. The highest BCUT2D eigenvalue weighted by atomic mass is 32.1. The van der Waals surface area contributed by atoms with Crippen LogP contribution < -0.4 is 16.4 Å². The third kappa shape index (κ3) is 2.91. The quantitative estimate of drug-likeness (QED) is 0.708. The molecule has 4 N–H and O–H groups in total. The summed E-state index contributed by atoms with van der Waals surface area (Å²) in [6, 6.07) is 4.50. The van der Waals surface area contributed by atoms with Crippen LogP contribution in [0.15, 0.2) is 18.3 Å². The van der Waals surface area contributed by atoms with E-state index in [1.54, 1.807) is 6.20 Å². The van der Waals surface area contributed by atoms with Gasteiger partial charge in [-0.05, 0) is 37.9 Å². The first kappa shape index (κ1) is 13.3. The third-order valence-electron chi connectivity index (χ3n) is 3.34. The Bertz CT molecular complexity index is 621. The van der Waals surface area contributed by atoms with Crippen molar-refractivity contribution in [2.24, 2.45) is 0 Å². The number of nitrogens with one attached hydrogen (secondary N) is 2. The summed E-state index contributed by atoms with van der Waals surface area (Å²) in [5.74, 6) is -0.100. The summed E-state index contributed by atoms with van der Waals surface area (Å²) in [6.07, 6.45) is 5.21. The van der Waals surface area contributed by atoms with Gasteiger partial charge in [0, 0.05) is 18.8 Å². The van der Waals surface area contributed by atoms with Gasteiger partial charge in [0.25, 0.3) is 5.91 Å². The van der Waals surface area contributed by atoms with E-state index in [2.05, 4.69) is 15.6 Å². The van der Waals surface area contributed by atoms with E-state index in [1.165, 1.54) is 24.2 Å². The number of anilines is 1. The van der Waals surface area contributed by atoms with Crippen LogP contribution in [0.2, 0.25) is 0 Å². The number of amides is 1. The standard InChI is InChI=1S/C14H18N4OS/c15-11-12-10(3-1-6-17-12)20-13(11)14(19)18-8-2-7-16-9-4-5-9/h1,3,6,9,16H,2,4-5,7-8,15H2,(H,18,19). The van der Waals surface area contributed by atoms with Crippen LogP contribution in [-0.4, -0.2) is 30.0 Å². The van der Waals surface area contributed by atoms with E-state index >= 15 is 0 Å². The van der Waals surface area contributed by atoms with Crippen molar-refractivity contribution in [1.82, 2.24) is 15.6 Å². The molecule has 2 aromatic heterocycles. The molecular formula is C14H18N4OS. The molecule has 6 heteroatoms. The molecule has 0 spiro atoms. The summed E-state index contributed by atoms with van der Waals surface area (Å²) in [7, 11) is 0. The SMILES string of the molecule is Nc1c(C(=O)NCCCNC2CC2)sc2cccnc12. The molecule has 1 saturated carbocycles. The summed E-state index contributed by atoms with van der Waals surface area (Å²) >= 11 is 1.40. The maximum atomic E-state index is 12.1. The molecule has 2 aromatic rings. The van der Waals surface area contributed by atoms with E-state index in [-0.39, 0.29) is 5.91 Å². The first-order valence-electron chi connectivity index (χ1n) is 6.90. The topological polar surface area (TPSA) is 80.0 Å². The van der Waals surface area contributed by atoms with Crippen LogP contribution in [0.25, 0.3) is 10.2 Å². The highest BCUT2D eigenvalue weighted by Gasteiger charge is 2.20. The largest absolute Gasteiger partial charge is 0.396 e. The van der Waals surface area contributed by atoms with Crippen LogP contribution in [0, 0.1) is 0 Å². The summed E-state index contributed by atoms with van der Waals surface area (Å²) in [5.41, 5.74) is 7.20.